The van der Waals surface area contributed by atoms with Crippen LogP contribution in [0, 0.1) is 0 Å². The summed E-state index contributed by atoms with van der Waals surface area (Å²) in [7, 11) is 1.82. The minimum atomic E-state index is -4.66. The number of nitrogens with zero attached hydrogens (tertiary/aromatic N) is 4. The number of ether oxygens (including phenoxy) is 1. The van der Waals surface area contributed by atoms with Crippen LogP contribution in [-0.2, 0) is 6.18 Å². The van der Waals surface area contributed by atoms with Gasteiger partial charge in [0.2, 0.25) is 5.88 Å². The van der Waals surface area contributed by atoms with E-state index in [2.05, 4.69) is 25.1 Å². The molecule has 7 nitrogen and oxygen atoms in total. The fraction of sp³-hybridized carbons (Fsp3) is 0.167. The van der Waals surface area contributed by atoms with E-state index in [1.54, 1.807) is 18.2 Å². The van der Waals surface area contributed by atoms with Crippen LogP contribution in [0.25, 0.3) is 16.9 Å². The van der Waals surface area contributed by atoms with Crippen molar-refractivity contribution in [1.29, 1.82) is 0 Å². The van der Waals surface area contributed by atoms with Gasteiger partial charge in [-0.2, -0.15) is 31.4 Å². The van der Waals surface area contributed by atoms with Crippen molar-refractivity contribution in [3.63, 3.8) is 0 Å². The highest BCUT2D eigenvalue weighted by Gasteiger charge is 2.37. The monoisotopic (exact) mass is 523 g/mol. The van der Waals surface area contributed by atoms with Crippen LogP contribution in [0.3, 0.4) is 0 Å². The molecule has 0 amide bonds. The van der Waals surface area contributed by atoms with Gasteiger partial charge in [-0.25, -0.2) is 14.6 Å². The van der Waals surface area contributed by atoms with E-state index in [9.17, 15) is 31.1 Å². The lowest BCUT2D eigenvalue weighted by molar-refractivity contribution is -0.154. The van der Waals surface area contributed by atoms with Gasteiger partial charge in [0.05, 0.1) is 5.56 Å². The van der Waals surface area contributed by atoms with Gasteiger partial charge in [-0.05, 0) is 35.9 Å². The van der Waals surface area contributed by atoms with Crippen molar-refractivity contribution in [3.8, 4) is 22.8 Å². The van der Waals surface area contributed by atoms with E-state index in [1.165, 1.54) is 24.5 Å². The summed E-state index contributed by atoms with van der Waals surface area (Å²) in [5, 5.41) is 6.32. The largest absolute Gasteiger partial charge is 0.468 e. The van der Waals surface area contributed by atoms with Crippen LogP contribution in [0.2, 0.25) is 0 Å². The van der Waals surface area contributed by atoms with Gasteiger partial charge in [-0.15, -0.1) is 0 Å². The molecule has 0 fully saturated rings. The van der Waals surface area contributed by atoms with Crippen molar-refractivity contribution >= 4 is 12.0 Å². The van der Waals surface area contributed by atoms with Crippen LogP contribution < -0.4 is 10.1 Å². The van der Waals surface area contributed by atoms with Gasteiger partial charge < -0.3 is 10.1 Å². The van der Waals surface area contributed by atoms with Gasteiger partial charge >= 0.3 is 12.4 Å². The second-order valence-electron chi connectivity index (χ2n) is 7.30. The summed E-state index contributed by atoms with van der Waals surface area (Å²) in [6.07, 6.45) is -4.99. The number of pyridine rings is 2. The van der Waals surface area contributed by atoms with Crippen LogP contribution >= 0.6 is 0 Å². The van der Waals surface area contributed by atoms with E-state index in [0.717, 1.165) is 27.7 Å². The van der Waals surface area contributed by atoms with Gasteiger partial charge in [-0.3, -0.25) is 4.79 Å². The summed E-state index contributed by atoms with van der Waals surface area (Å²) in [6, 6.07) is 15.4. The third-order valence-corrected chi connectivity index (χ3v) is 4.65. The molecule has 13 heteroatoms. The van der Waals surface area contributed by atoms with E-state index < -0.39 is 30.2 Å². The molecular formula is C24H19F6N5O2. The molecular weight excluding hydrogens is 504 g/mol. The molecule has 0 spiro atoms. The van der Waals surface area contributed by atoms with Crippen LogP contribution in [0.15, 0.2) is 73.2 Å². The molecule has 0 saturated carbocycles. The molecule has 1 aromatic carbocycles. The number of hydrogen-bond acceptors (Lipinski definition) is 6. The minimum absolute atomic E-state index is 0.0436. The predicted octanol–water partition coefficient (Wildman–Crippen LogP) is 5.83. The second kappa shape index (κ2) is 11.5. The van der Waals surface area contributed by atoms with Gasteiger partial charge in [0.1, 0.15) is 0 Å². The Hall–Kier alpha value is -4.42. The van der Waals surface area contributed by atoms with Crippen molar-refractivity contribution < 1.29 is 35.9 Å². The summed E-state index contributed by atoms with van der Waals surface area (Å²) in [5.41, 5.74) is 0.999. The smallest absolute Gasteiger partial charge is 0.435 e. The Balaban J connectivity index is 0.000000208. The van der Waals surface area contributed by atoms with E-state index in [-0.39, 0.29) is 18.0 Å². The highest BCUT2D eigenvalue weighted by atomic mass is 19.4. The molecule has 3 heterocycles. The summed E-state index contributed by atoms with van der Waals surface area (Å²) in [5.74, 6) is 0.170. The minimum Gasteiger partial charge on any atom is -0.468 e. The molecule has 194 valence electrons. The fourth-order valence-corrected chi connectivity index (χ4v) is 2.92. The summed E-state index contributed by atoms with van der Waals surface area (Å²) in [6.45, 7) is -1.34. The molecule has 0 atom stereocenters. The molecule has 0 saturated heterocycles. The topological polar surface area (TPSA) is 81.9 Å². The van der Waals surface area contributed by atoms with Crippen molar-refractivity contribution in [2.24, 2.45) is 0 Å². The Labute approximate surface area is 206 Å². The van der Waals surface area contributed by atoms with Crippen LogP contribution in [0.4, 0.5) is 32.0 Å². The zero-order chi connectivity index (χ0) is 27.1. The number of carbonyl (C=O) groups is 1. The van der Waals surface area contributed by atoms with Gasteiger partial charge in [0.25, 0.3) is 0 Å². The Bertz CT molecular complexity index is 1290. The molecule has 0 radical (unpaired) electrons. The Kier molecular flexibility index (Phi) is 8.48. The number of alkyl halides is 6. The molecule has 0 bridgehead atoms. The van der Waals surface area contributed by atoms with E-state index >= 15 is 0 Å². The predicted molar refractivity (Wildman–Crippen MR) is 123 cm³/mol. The molecule has 37 heavy (non-hydrogen) atoms. The molecule has 0 unspecified atom stereocenters. The number of aromatic nitrogens is 4. The Morgan fingerprint density at radius 3 is 2.14 bits per heavy atom. The Morgan fingerprint density at radius 2 is 1.65 bits per heavy atom. The Morgan fingerprint density at radius 1 is 0.946 bits per heavy atom. The van der Waals surface area contributed by atoms with E-state index in [4.69, 9.17) is 0 Å². The van der Waals surface area contributed by atoms with E-state index in [1.807, 2.05) is 31.3 Å². The fourth-order valence-electron chi connectivity index (χ4n) is 2.92. The first-order chi connectivity index (χ1) is 17.5. The standard InChI is InChI=1S/C14H13F3N2O.C10H6F3N3O/c1-18-12-5-2-10(3-6-12)11-4-7-13(19-8-11)20-9-14(15,16)17;11-10(12,13)9-7(6-17)5-16(15-9)8-3-1-2-4-14-8/h2-8,18H,9H2,1H3;1-6H. The van der Waals surface area contributed by atoms with Crippen molar-refractivity contribution in [2.75, 3.05) is 19.0 Å². The molecule has 0 aliphatic rings. The number of halogens is 6. The SMILES string of the molecule is CNc1ccc(-c2ccc(OCC(F)(F)F)nc2)cc1.O=Cc1cn(-c2ccccn2)nc1C(F)(F)F. The third-order valence-electron chi connectivity index (χ3n) is 4.65. The first-order valence-electron chi connectivity index (χ1n) is 10.5. The lowest BCUT2D eigenvalue weighted by Crippen LogP contribution is -2.19. The van der Waals surface area contributed by atoms with Gasteiger partial charge in [0, 0.05) is 43.0 Å². The normalized spacial score (nSPS) is 11.3. The lowest BCUT2D eigenvalue weighted by atomic mass is 10.1. The maximum absolute atomic E-state index is 12.5. The number of carbonyl (C=O) groups excluding carboxylic acids is 1. The highest BCUT2D eigenvalue weighted by Crippen LogP contribution is 2.30. The molecule has 4 rings (SSSR count). The van der Waals surface area contributed by atoms with Crippen molar-refractivity contribution in [2.45, 2.75) is 12.4 Å². The average molecular weight is 523 g/mol. The number of aldehydes is 1. The summed E-state index contributed by atoms with van der Waals surface area (Å²) < 4.78 is 79.0. The number of hydrogen-bond donors (Lipinski definition) is 1. The quantitative estimate of drug-likeness (QED) is 0.253. The van der Waals surface area contributed by atoms with Crippen LogP contribution in [-0.4, -0.2) is 45.9 Å². The molecule has 3 aromatic heterocycles. The lowest BCUT2D eigenvalue weighted by Gasteiger charge is -2.09. The van der Waals surface area contributed by atoms with Crippen LogP contribution in [0.1, 0.15) is 16.1 Å². The van der Waals surface area contributed by atoms with Gasteiger partial charge in [0.15, 0.2) is 24.4 Å². The maximum Gasteiger partial charge on any atom is 0.435 e. The summed E-state index contributed by atoms with van der Waals surface area (Å²) in [4.78, 5) is 18.2. The number of nitrogens with one attached hydrogen (secondary N) is 1. The molecule has 1 N–H and O–H groups in total. The first kappa shape index (κ1) is 27.2. The zero-order valence-corrected chi connectivity index (χ0v) is 19.1. The number of anilines is 1. The highest BCUT2D eigenvalue weighted by molar-refractivity contribution is 5.76. The van der Waals surface area contributed by atoms with E-state index in [0.29, 0.717) is 0 Å². The van der Waals surface area contributed by atoms with Crippen molar-refractivity contribution in [1.82, 2.24) is 19.7 Å². The second-order valence-corrected chi connectivity index (χ2v) is 7.30. The number of benzene rings is 1. The van der Waals surface area contributed by atoms with Crippen LogP contribution in [0.5, 0.6) is 5.88 Å². The third kappa shape index (κ3) is 7.78. The zero-order valence-electron chi connectivity index (χ0n) is 19.1. The average Bonchev–Trinajstić information content (AvgIpc) is 3.34. The maximum atomic E-state index is 12.5. The molecule has 4 aromatic rings. The van der Waals surface area contributed by atoms with Gasteiger partial charge in [-0.1, -0.05) is 18.2 Å². The van der Waals surface area contributed by atoms with Crippen molar-refractivity contribution in [3.05, 3.63) is 84.4 Å². The summed E-state index contributed by atoms with van der Waals surface area (Å²) >= 11 is 0. The first-order valence-corrected chi connectivity index (χ1v) is 10.5. The molecule has 0 aliphatic carbocycles. The number of rotatable bonds is 6. The molecule has 0 aliphatic heterocycles.